The van der Waals surface area contributed by atoms with Crippen LogP contribution in [0, 0.1) is 10.8 Å². The molecule has 0 atom stereocenters. The fourth-order valence-electron chi connectivity index (χ4n) is 1.83. The maximum absolute atomic E-state index is 4.01. The summed E-state index contributed by atoms with van der Waals surface area (Å²) in [5, 5.41) is 8.02. The standard InChI is InChI=1S/C14H24N2/c1-13(2,3)7-11-9-15-16-10-12(11)8-14(4,5)6/h9-10H,7-8H2,1-6H3. The first-order valence-electron chi connectivity index (χ1n) is 5.96. The molecule has 2 heteroatoms. The van der Waals surface area contributed by atoms with Crippen LogP contribution in [0.1, 0.15) is 52.7 Å². The van der Waals surface area contributed by atoms with Gasteiger partial charge in [-0.25, -0.2) is 0 Å². The predicted octanol–water partition coefficient (Wildman–Crippen LogP) is 3.65. The molecule has 0 aliphatic heterocycles. The minimum absolute atomic E-state index is 0.301. The van der Waals surface area contributed by atoms with E-state index in [1.807, 2.05) is 12.4 Å². The van der Waals surface area contributed by atoms with Gasteiger partial charge in [-0.3, -0.25) is 0 Å². The van der Waals surface area contributed by atoms with E-state index in [1.54, 1.807) is 0 Å². The van der Waals surface area contributed by atoms with Gasteiger partial charge in [-0.15, -0.1) is 0 Å². The Bertz CT molecular complexity index is 307. The van der Waals surface area contributed by atoms with Gasteiger partial charge in [0.15, 0.2) is 0 Å². The van der Waals surface area contributed by atoms with E-state index < -0.39 is 0 Å². The smallest absolute Gasteiger partial charge is 0.0531 e. The van der Waals surface area contributed by atoms with Crippen LogP contribution in [0.5, 0.6) is 0 Å². The molecule has 1 rings (SSSR count). The monoisotopic (exact) mass is 220 g/mol. The summed E-state index contributed by atoms with van der Waals surface area (Å²) in [6.45, 7) is 13.5. The van der Waals surface area contributed by atoms with Gasteiger partial charge in [0.1, 0.15) is 0 Å². The molecule has 1 heterocycles. The van der Waals surface area contributed by atoms with Gasteiger partial charge >= 0.3 is 0 Å². The Morgan fingerprint density at radius 3 is 1.31 bits per heavy atom. The van der Waals surface area contributed by atoms with E-state index in [1.165, 1.54) is 11.1 Å². The molecule has 0 saturated carbocycles. The topological polar surface area (TPSA) is 25.8 Å². The summed E-state index contributed by atoms with van der Waals surface area (Å²) in [4.78, 5) is 0. The highest BCUT2D eigenvalue weighted by molar-refractivity contribution is 5.23. The highest BCUT2D eigenvalue weighted by Crippen LogP contribution is 2.26. The maximum atomic E-state index is 4.01. The van der Waals surface area contributed by atoms with Crippen LogP contribution in [0.25, 0.3) is 0 Å². The van der Waals surface area contributed by atoms with Gasteiger partial charge in [-0.1, -0.05) is 41.5 Å². The molecule has 0 aliphatic carbocycles. The largest absolute Gasteiger partial charge is 0.159 e. The molecular formula is C14H24N2. The fraction of sp³-hybridized carbons (Fsp3) is 0.714. The molecule has 90 valence electrons. The SMILES string of the molecule is CC(C)(C)Cc1cnncc1CC(C)(C)C. The van der Waals surface area contributed by atoms with Crippen LogP contribution in [0.2, 0.25) is 0 Å². The summed E-state index contributed by atoms with van der Waals surface area (Å²) in [5.74, 6) is 0. The molecule has 1 aromatic rings. The average molecular weight is 220 g/mol. The van der Waals surface area contributed by atoms with E-state index in [9.17, 15) is 0 Å². The highest BCUT2D eigenvalue weighted by Gasteiger charge is 2.18. The summed E-state index contributed by atoms with van der Waals surface area (Å²) >= 11 is 0. The molecular weight excluding hydrogens is 196 g/mol. The Balaban J connectivity index is 2.92. The van der Waals surface area contributed by atoms with Crippen molar-refractivity contribution in [1.29, 1.82) is 0 Å². The van der Waals surface area contributed by atoms with E-state index in [4.69, 9.17) is 0 Å². The van der Waals surface area contributed by atoms with Crippen molar-refractivity contribution < 1.29 is 0 Å². The average Bonchev–Trinajstić information content (AvgIpc) is 2.03. The second-order valence-corrected chi connectivity index (χ2v) is 7.01. The second kappa shape index (κ2) is 4.52. The van der Waals surface area contributed by atoms with Crippen molar-refractivity contribution in [2.45, 2.75) is 54.4 Å². The second-order valence-electron chi connectivity index (χ2n) is 7.01. The zero-order valence-electron chi connectivity index (χ0n) is 11.5. The molecule has 0 saturated heterocycles. The summed E-state index contributed by atoms with van der Waals surface area (Å²) in [6.07, 6.45) is 5.97. The van der Waals surface area contributed by atoms with Gasteiger partial charge in [-0.2, -0.15) is 10.2 Å². The molecule has 0 spiro atoms. The number of nitrogens with zero attached hydrogens (tertiary/aromatic N) is 2. The highest BCUT2D eigenvalue weighted by atomic mass is 15.1. The Morgan fingerprint density at radius 2 is 1.06 bits per heavy atom. The lowest BCUT2D eigenvalue weighted by Gasteiger charge is -2.23. The minimum atomic E-state index is 0.301. The third-order valence-corrected chi connectivity index (χ3v) is 2.35. The van der Waals surface area contributed by atoms with Gasteiger partial charge in [0.2, 0.25) is 0 Å². The Labute approximate surface area is 99.5 Å². The number of hydrogen-bond donors (Lipinski definition) is 0. The summed E-state index contributed by atoms with van der Waals surface area (Å²) in [6, 6.07) is 0. The molecule has 0 aromatic carbocycles. The lowest BCUT2D eigenvalue weighted by molar-refractivity contribution is 0.390. The van der Waals surface area contributed by atoms with Crippen molar-refractivity contribution in [3.05, 3.63) is 23.5 Å². The van der Waals surface area contributed by atoms with E-state index in [-0.39, 0.29) is 0 Å². The third-order valence-electron chi connectivity index (χ3n) is 2.35. The Hall–Kier alpha value is -0.920. The Morgan fingerprint density at radius 1 is 0.750 bits per heavy atom. The first-order chi connectivity index (χ1) is 7.17. The van der Waals surface area contributed by atoms with E-state index in [0.29, 0.717) is 10.8 Å². The molecule has 0 fully saturated rings. The van der Waals surface area contributed by atoms with Crippen LogP contribution in [0.15, 0.2) is 12.4 Å². The predicted molar refractivity (Wildman–Crippen MR) is 68.4 cm³/mol. The Kier molecular flexibility index (Phi) is 3.72. The summed E-state index contributed by atoms with van der Waals surface area (Å²) in [7, 11) is 0. The van der Waals surface area contributed by atoms with Crippen LogP contribution >= 0.6 is 0 Å². The lowest BCUT2D eigenvalue weighted by Crippen LogP contribution is -2.16. The quantitative estimate of drug-likeness (QED) is 0.760. The zero-order chi connectivity index (χ0) is 12.4. The van der Waals surface area contributed by atoms with Crippen LogP contribution in [-0.4, -0.2) is 10.2 Å². The minimum Gasteiger partial charge on any atom is -0.159 e. The van der Waals surface area contributed by atoms with Crippen molar-refractivity contribution in [3.8, 4) is 0 Å². The first-order valence-corrected chi connectivity index (χ1v) is 5.96. The molecule has 1 aromatic heterocycles. The van der Waals surface area contributed by atoms with Gasteiger partial charge < -0.3 is 0 Å². The van der Waals surface area contributed by atoms with Crippen molar-refractivity contribution in [3.63, 3.8) is 0 Å². The van der Waals surface area contributed by atoms with E-state index in [2.05, 4.69) is 51.7 Å². The molecule has 0 unspecified atom stereocenters. The molecule has 0 N–H and O–H groups in total. The molecule has 0 amide bonds. The molecule has 0 radical (unpaired) electrons. The summed E-state index contributed by atoms with van der Waals surface area (Å²) in [5.41, 5.74) is 3.29. The fourth-order valence-corrected chi connectivity index (χ4v) is 1.83. The van der Waals surface area contributed by atoms with Crippen molar-refractivity contribution >= 4 is 0 Å². The van der Waals surface area contributed by atoms with Gasteiger partial charge in [-0.05, 0) is 34.8 Å². The molecule has 16 heavy (non-hydrogen) atoms. The third kappa shape index (κ3) is 4.73. The normalized spacial score (nSPS) is 12.9. The van der Waals surface area contributed by atoms with Crippen LogP contribution in [0.4, 0.5) is 0 Å². The van der Waals surface area contributed by atoms with Crippen molar-refractivity contribution in [1.82, 2.24) is 10.2 Å². The number of aromatic nitrogens is 2. The van der Waals surface area contributed by atoms with Gasteiger partial charge in [0.05, 0.1) is 12.4 Å². The molecule has 0 aliphatic rings. The summed E-state index contributed by atoms with van der Waals surface area (Å²) < 4.78 is 0. The van der Waals surface area contributed by atoms with Crippen molar-refractivity contribution in [2.75, 3.05) is 0 Å². The van der Waals surface area contributed by atoms with Crippen LogP contribution < -0.4 is 0 Å². The lowest BCUT2D eigenvalue weighted by atomic mass is 9.82. The van der Waals surface area contributed by atoms with Gasteiger partial charge in [0.25, 0.3) is 0 Å². The van der Waals surface area contributed by atoms with Crippen LogP contribution in [0.3, 0.4) is 0 Å². The van der Waals surface area contributed by atoms with Crippen LogP contribution in [-0.2, 0) is 12.8 Å². The van der Waals surface area contributed by atoms with E-state index in [0.717, 1.165) is 12.8 Å². The number of rotatable bonds is 2. The first kappa shape index (κ1) is 13.1. The zero-order valence-corrected chi connectivity index (χ0v) is 11.5. The van der Waals surface area contributed by atoms with Gasteiger partial charge in [0, 0.05) is 0 Å². The number of hydrogen-bond acceptors (Lipinski definition) is 2. The maximum Gasteiger partial charge on any atom is 0.0531 e. The molecule has 0 bridgehead atoms. The van der Waals surface area contributed by atoms with Crippen molar-refractivity contribution in [2.24, 2.45) is 10.8 Å². The molecule has 2 nitrogen and oxygen atoms in total. The van der Waals surface area contributed by atoms with E-state index >= 15 is 0 Å².